The Balaban J connectivity index is 1.35. The summed E-state index contributed by atoms with van der Waals surface area (Å²) < 4.78 is 8.30. The van der Waals surface area contributed by atoms with Crippen LogP contribution >= 0.6 is 0 Å². The van der Waals surface area contributed by atoms with Crippen molar-refractivity contribution in [3.63, 3.8) is 0 Å². The van der Waals surface area contributed by atoms with Gasteiger partial charge in [-0.05, 0) is 28.8 Å². The zero-order valence-corrected chi connectivity index (χ0v) is 24.4. The number of benzene rings is 4. The van der Waals surface area contributed by atoms with E-state index in [0.717, 1.165) is 16.7 Å². The van der Waals surface area contributed by atoms with E-state index in [2.05, 4.69) is 56.7 Å². The smallest absolute Gasteiger partial charge is 0.256 e. The van der Waals surface area contributed by atoms with Crippen molar-refractivity contribution in [3.05, 3.63) is 156 Å². The summed E-state index contributed by atoms with van der Waals surface area (Å²) in [5, 5.41) is 13.7. The zero-order valence-electron chi connectivity index (χ0n) is 24.4. The number of imidazole rings is 1. The molecule has 1 amide bonds. The maximum atomic E-state index is 12.9. The Hall–Kier alpha value is -5.22. The van der Waals surface area contributed by atoms with E-state index in [1.54, 1.807) is 35.2 Å². The predicted octanol–water partition coefficient (Wildman–Crippen LogP) is 5.08. The van der Waals surface area contributed by atoms with Crippen LogP contribution in [0.4, 0.5) is 5.82 Å². The van der Waals surface area contributed by atoms with Crippen LogP contribution in [-0.4, -0.2) is 43.2 Å². The highest BCUT2D eigenvalue weighted by Gasteiger charge is 2.56. The minimum atomic E-state index is -1.43. The molecule has 9 nitrogen and oxygen atoms in total. The Kier molecular flexibility index (Phi) is 7.42. The number of anilines is 1. The lowest BCUT2D eigenvalue weighted by Gasteiger charge is -2.42. The van der Waals surface area contributed by atoms with Crippen LogP contribution in [0.15, 0.2) is 134 Å². The van der Waals surface area contributed by atoms with Gasteiger partial charge in [0.05, 0.1) is 18.1 Å². The molecule has 1 aliphatic rings. The first-order valence-electron chi connectivity index (χ1n) is 14.8. The monoisotopic (exact) mass is 596 g/mol. The minimum Gasteiger partial charge on any atom is -0.394 e. The summed E-state index contributed by atoms with van der Waals surface area (Å²) in [5.74, 6) is -1.79. The third-order valence-electron chi connectivity index (χ3n) is 8.75. The number of nitrogens with two attached hydrogens (primary N) is 1. The van der Waals surface area contributed by atoms with Crippen LogP contribution in [0.1, 0.15) is 33.5 Å². The summed E-state index contributed by atoms with van der Waals surface area (Å²) in [6.07, 6.45) is 2.59. The van der Waals surface area contributed by atoms with Crippen molar-refractivity contribution in [1.29, 1.82) is 0 Å². The number of nitrogens with zero attached hydrogens (tertiary/aromatic N) is 4. The SMILES string of the molecule is N[C@]1(n2cnc3c(NC(=O)c4ccccc4)ncnc32)C[C@H](C(c2ccccc2)(c2ccccc2)c2ccccc2)[C@@H](CO)O1. The van der Waals surface area contributed by atoms with Crippen molar-refractivity contribution in [2.45, 2.75) is 23.8 Å². The highest BCUT2D eigenvalue weighted by atomic mass is 16.6. The number of carbonyl (C=O) groups excluding carboxylic acids is 1. The molecule has 4 N–H and O–H groups in total. The van der Waals surface area contributed by atoms with Gasteiger partial charge in [-0.15, -0.1) is 0 Å². The molecule has 45 heavy (non-hydrogen) atoms. The summed E-state index contributed by atoms with van der Waals surface area (Å²) in [4.78, 5) is 26.3. The molecule has 2 aromatic heterocycles. The Morgan fingerprint density at radius 1 is 0.844 bits per heavy atom. The van der Waals surface area contributed by atoms with Gasteiger partial charge in [-0.25, -0.2) is 15.0 Å². The Bertz CT molecular complexity index is 1820. The Labute approximate surface area is 260 Å². The first-order valence-corrected chi connectivity index (χ1v) is 14.8. The number of nitrogens with one attached hydrogen (secondary N) is 1. The molecule has 0 unspecified atom stereocenters. The van der Waals surface area contributed by atoms with Crippen molar-refractivity contribution in [1.82, 2.24) is 19.5 Å². The molecule has 224 valence electrons. The van der Waals surface area contributed by atoms with E-state index in [9.17, 15) is 9.90 Å². The molecule has 7 rings (SSSR count). The molecule has 0 aliphatic carbocycles. The van der Waals surface area contributed by atoms with Crippen LogP contribution in [0.5, 0.6) is 0 Å². The van der Waals surface area contributed by atoms with E-state index < -0.39 is 17.4 Å². The highest BCUT2D eigenvalue weighted by Crippen LogP contribution is 2.53. The summed E-state index contributed by atoms with van der Waals surface area (Å²) in [5.41, 5.74) is 10.9. The number of carbonyl (C=O) groups is 1. The van der Waals surface area contributed by atoms with E-state index in [0.29, 0.717) is 23.1 Å². The molecular weight excluding hydrogens is 564 g/mol. The number of aliphatic hydroxyl groups excluding tert-OH is 1. The zero-order chi connectivity index (χ0) is 30.9. The van der Waals surface area contributed by atoms with E-state index in [1.807, 2.05) is 60.7 Å². The van der Waals surface area contributed by atoms with Crippen molar-refractivity contribution in [2.75, 3.05) is 11.9 Å². The Morgan fingerprint density at radius 3 is 1.91 bits per heavy atom. The molecule has 0 spiro atoms. The third-order valence-corrected chi connectivity index (χ3v) is 8.75. The molecular formula is C36H32N6O3. The van der Waals surface area contributed by atoms with E-state index in [-0.39, 0.29) is 24.2 Å². The summed E-state index contributed by atoms with van der Waals surface area (Å²) in [6, 6.07) is 39.8. The van der Waals surface area contributed by atoms with Crippen molar-refractivity contribution in [3.8, 4) is 0 Å². The second kappa shape index (κ2) is 11.7. The van der Waals surface area contributed by atoms with Gasteiger partial charge in [0, 0.05) is 17.9 Å². The van der Waals surface area contributed by atoms with Crippen LogP contribution in [-0.2, 0) is 16.0 Å². The number of amides is 1. The fraction of sp³-hybridized carbons (Fsp3) is 0.167. The number of hydrogen-bond acceptors (Lipinski definition) is 7. The molecule has 1 fully saturated rings. The van der Waals surface area contributed by atoms with Crippen LogP contribution in [0.3, 0.4) is 0 Å². The largest absolute Gasteiger partial charge is 0.394 e. The average Bonchev–Trinajstić information content (AvgIpc) is 3.70. The fourth-order valence-electron chi connectivity index (χ4n) is 6.81. The number of ether oxygens (including phenoxy) is 1. The van der Waals surface area contributed by atoms with E-state index >= 15 is 0 Å². The van der Waals surface area contributed by atoms with Crippen molar-refractivity contribution < 1.29 is 14.6 Å². The molecule has 0 radical (unpaired) electrons. The molecule has 1 saturated heterocycles. The lowest BCUT2D eigenvalue weighted by Crippen LogP contribution is -2.44. The second-order valence-corrected chi connectivity index (χ2v) is 11.2. The first-order chi connectivity index (χ1) is 22.0. The van der Waals surface area contributed by atoms with Crippen LogP contribution in [0.25, 0.3) is 11.2 Å². The van der Waals surface area contributed by atoms with Crippen molar-refractivity contribution >= 4 is 22.9 Å². The molecule has 1 aliphatic heterocycles. The topological polar surface area (TPSA) is 128 Å². The molecule has 6 aromatic rings. The van der Waals surface area contributed by atoms with Crippen LogP contribution in [0.2, 0.25) is 0 Å². The molecule has 9 heteroatoms. The molecule has 0 bridgehead atoms. The molecule has 3 heterocycles. The molecule has 0 saturated carbocycles. The first kappa shape index (κ1) is 28.5. The molecule has 4 aromatic carbocycles. The van der Waals surface area contributed by atoms with Gasteiger partial charge in [0.2, 0.25) is 5.85 Å². The Morgan fingerprint density at radius 2 is 1.38 bits per heavy atom. The standard InChI is InChI=1S/C36H32N6O3/c37-35(42-24-40-31-32(38-23-39-33(31)42)41-34(44)25-13-5-1-6-14-25)21-29(30(22-43)45-35)36(26-15-7-2-8-16-26,27-17-9-3-10-18-27)28-19-11-4-12-20-28/h1-20,23-24,29-30,43H,21-22,37H2,(H,38,39,41,44)/t29-,30+,35-/m0/s1. The van der Waals surface area contributed by atoms with Gasteiger partial charge >= 0.3 is 0 Å². The maximum Gasteiger partial charge on any atom is 0.256 e. The van der Waals surface area contributed by atoms with Gasteiger partial charge in [0.1, 0.15) is 12.7 Å². The number of rotatable bonds is 8. The van der Waals surface area contributed by atoms with Crippen molar-refractivity contribution in [2.24, 2.45) is 11.7 Å². The van der Waals surface area contributed by atoms with E-state index in [1.165, 1.54) is 6.33 Å². The van der Waals surface area contributed by atoms with Gasteiger partial charge in [-0.2, -0.15) is 0 Å². The summed E-state index contributed by atoms with van der Waals surface area (Å²) in [7, 11) is 0. The number of fused-ring (bicyclic) bond motifs is 1. The van der Waals surface area contributed by atoms with Gasteiger partial charge in [0.15, 0.2) is 17.0 Å². The maximum absolute atomic E-state index is 12.9. The van der Waals surface area contributed by atoms with Gasteiger partial charge < -0.3 is 15.2 Å². The van der Waals surface area contributed by atoms with Gasteiger partial charge in [-0.1, -0.05) is 109 Å². The van der Waals surface area contributed by atoms with E-state index in [4.69, 9.17) is 10.5 Å². The average molecular weight is 597 g/mol. The predicted molar refractivity (Wildman–Crippen MR) is 171 cm³/mol. The molecule has 3 atom stereocenters. The summed E-state index contributed by atoms with van der Waals surface area (Å²) in [6.45, 7) is -0.252. The lowest BCUT2D eigenvalue weighted by molar-refractivity contribution is -0.108. The quantitative estimate of drug-likeness (QED) is 0.209. The van der Waals surface area contributed by atoms with Crippen LogP contribution < -0.4 is 11.1 Å². The van der Waals surface area contributed by atoms with Gasteiger partial charge in [-0.3, -0.25) is 15.1 Å². The minimum absolute atomic E-state index is 0.252. The number of hydrogen-bond donors (Lipinski definition) is 3. The fourth-order valence-corrected chi connectivity index (χ4v) is 6.81. The normalized spacial score (nSPS) is 19.9. The second-order valence-electron chi connectivity index (χ2n) is 11.2. The summed E-state index contributed by atoms with van der Waals surface area (Å²) >= 11 is 0. The number of aliphatic hydroxyl groups is 1. The number of aromatic nitrogens is 4. The third kappa shape index (κ3) is 4.87. The lowest BCUT2D eigenvalue weighted by atomic mass is 9.59. The van der Waals surface area contributed by atoms with Crippen LogP contribution in [0, 0.1) is 5.92 Å². The van der Waals surface area contributed by atoms with Gasteiger partial charge in [0.25, 0.3) is 5.91 Å². The highest BCUT2D eigenvalue weighted by molar-refractivity contribution is 6.06.